The summed E-state index contributed by atoms with van der Waals surface area (Å²) in [5, 5.41) is 16.6. The number of para-hydroxylation sites is 1. The van der Waals surface area contributed by atoms with Gasteiger partial charge in [-0.05, 0) is 37.3 Å². The van der Waals surface area contributed by atoms with Gasteiger partial charge >= 0.3 is 5.97 Å². The third-order valence-electron chi connectivity index (χ3n) is 5.49. The summed E-state index contributed by atoms with van der Waals surface area (Å²) in [6.45, 7) is 0. The normalized spacial score (nSPS) is 25.8. The molecular weight excluding hydrogens is 322 g/mol. The lowest BCUT2D eigenvalue weighted by atomic mass is 9.84. The van der Waals surface area contributed by atoms with Gasteiger partial charge in [-0.15, -0.1) is 0 Å². The van der Waals surface area contributed by atoms with E-state index in [9.17, 15) is 19.5 Å². The zero-order valence-corrected chi connectivity index (χ0v) is 13.6. The van der Waals surface area contributed by atoms with E-state index in [4.69, 9.17) is 0 Å². The summed E-state index contributed by atoms with van der Waals surface area (Å²) in [6.07, 6.45) is 4.20. The van der Waals surface area contributed by atoms with Crippen LogP contribution in [0, 0.1) is 5.92 Å². The number of aromatic nitrogens is 2. The number of nitrogens with one attached hydrogen (secondary N) is 1. The summed E-state index contributed by atoms with van der Waals surface area (Å²) in [5.41, 5.74) is -0.130. The number of aromatic amines is 1. The van der Waals surface area contributed by atoms with E-state index in [1.54, 1.807) is 24.3 Å². The van der Waals surface area contributed by atoms with Crippen molar-refractivity contribution in [3.8, 4) is 0 Å². The first kappa shape index (κ1) is 15.8. The number of carbonyl (C=O) groups excluding carboxylic acids is 1. The molecule has 1 amide bonds. The zero-order valence-electron chi connectivity index (χ0n) is 13.6. The first-order valence-electron chi connectivity index (χ1n) is 8.61. The Kier molecular flexibility index (Phi) is 3.78. The van der Waals surface area contributed by atoms with Gasteiger partial charge in [0.25, 0.3) is 5.91 Å². The highest BCUT2D eigenvalue weighted by molar-refractivity contribution is 5.97. The zero-order chi connectivity index (χ0) is 17.6. The van der Waals surface area contributed by atoms with Crippen LogP contribution in [0.2, 0.25) is 0 Å². The third-order valence-corrected chi connectivity index (χ3v) is 5.49. The van der Waals surface area contributed by atoms with E-state index in [1.807, 2.05) is 0 Å². The molecule has 1 aliphatic carbocycles. The summed E-state index contributed by atoms with van der Waals surface area (Å²) >= 11 is 0. The smallest absolute Gasteiger partial charge is 0.326 e. The SMILES string of the molecule is O=C(O)[C@@H]1C[C@@H]2CCCC[C@H]2N1C(=O)c1n[nH]c2ccccc2c1=O. The van der Waals surface area contributed by atoms with Crippen molar-refractivity contribution in [1.82, 2.24) is 15.1 Å². The number of aliphatic carboxylic acids is 1. The average molecular weight is 341 g/mol. The maximum absolute atomic E-state index is 13.1. The van der Waals surface area contributed by atoms with Crippen LogP contribution in [0.4, 0.5) is 0 Å². The monoisotopic (exact) mass is 341 g/mol. The molecule has 1 aromatic heterocycles. The van der Waals surface area contributed by atoms with Gasteiger partial charge in [0, 0.05) is 11.4 Å². The first-order chi connectivity index (χ1) is 12.1. The van der Waals surface area contributed by atoms with Crippen molar-refractivity contribution >= 4 is 22.8 Å². The Hall–Kier alpha value is -2.70. The summed E-state index contributed by atoms with van der Waals surface area (Å²) in [7, 11) is 0. The Morgan fingerprint density at radius 3 is 2.76 bits per heavy atom. The quantitative estimate of drug-likeness (QED) is 0.866. The van der Waals surface area contributed by atoms with Crippen molar-refractivity contribution in [3.05, 3.63) is 40.2 Å². The van der Waals surface area contributed by atoms with E-state index in [2.05, 4.69) is 10.2 Å². The second kappa shape index (κ2) is 5.98. The number of H-pyrrole nitrogens is 1. The van der Waals surface area contributed by atoms with Gasteiger partial charge in [0.15, 0.2) is 5.69 Å². The van der Waals surface area contributed by atoms with Crippen LogP contribution in [-0.4, -0.2) is 44.2 Å². The molecule has 130 valence electrons. The number of fused-ring (bicyclic) bond motifs is 2. The maximum Gasteiger partial charge on any atom is 0.326 e. The molecule has 7 heteroatoms. The molecule has 0 spiro atoms. The van der Waals surface area contributed by atoms with E-state index in [0.29, 0.717) is 17.3 Å². The fourth-order valence-corrected chi connectivity index (χ4v) is 4.31. The highest BCUT2D eigenvalue weighted by Gasteiger charge is 2.48. The number of benzene rings is 1. The van der Waals surface area contributed by atoms with Gasteiger partial charge in [-0.2, -0.15) is 5.10 Å². The van der Waals surface area contributed by atoms with Crippen LogP contribution in [-0.2, 0) is 4.79 Å². The molecule has 0 bridgehead atoms. The van der Waals surface area contributed by atoms with Crippen molar-refractivity contribution in [2.75, 3.05) is 0 Å². The molecule has 2 aromatic rings. The Labute approximate surface area is 143 Å². The van der Waals surface area contributed by atoms with Gasteiger partial charge in [-0.25, -0.2) is 4.79 Å². The molecule has 2 fully saturated rings. The lowest BCUT2D eigenvalue weighted by molar-refractivity contribution is -0.141. The standard InChI is InChI=1S/C18H19N3O4/c22-16-11-6-2-3-7-12(11)19-20-15(16)17(23)21-13-8-4-1-5-10(13)9-14(21)18(24)25/h2-3,6-7,10,13-14H,1,4-5,8-9H2,(H,19,22)(H,24,25)/t10-,13+,14-/m0/s1. The second-order valence-electron chi connectivity index (χ2n) is 6.86. The number of amides is 1. The molecule has 1 saturated heterocycles. The van der Waals surface area contributed by atoms with Crippen LogP contribution < -0.4 is 5.43 Å². The minimum Gasteiger partial charge on any atom is -0.480 e. The lowest BCUT2D eigenvalue weighted by Gasteiger charge is -2.32. The lowest BCUT2D eigenvalue weighted by Crippen LogP contribution is -2.47. The Morgan fingerprint density at radius 1 is 1.20 bits per heavy atom. The number of carboxylic acids is 1. The van der Waals surface area contributed by atoms with Crippen LogP contribution in [0.3, 0.4) is 0 Å². The van der Waals surface area contributed by atoms with Gasteiger partial charge in [-0.3, -0.25) is 14.7 Å². The van der Waals surface area contributed by atoms with Crippen molar-refractivity contribution in [3.63, 3.8) is 0 Å². The Balaban J connectivity index is 1.77. The summed E-state index contributed by atoms with van der Waals surface area (Å²) in [6, 6.07) is 5.84. The largest absolute Gasteiger partial charge is 0.480 e. The van der Waals surface area contributed by atoms with E-state index in [-0.39, 0.29) is 17.7 Å². The molecule has 25 heavy (non-hydrogen) atoms. The minimum absolute atomic E-state index is 0.116. The van der Waals surface area contributed by atoms with Crippen molar-refractivity contribution in [2.24, 2.45) is 5.92 Å². The van der Waals surface area contributed by atoms with Crippen LogP contribution in [0.15, 0.2) is 29.1 Å². The van der Waals surface area contributed by atoms with Crippen LogP contribution in [0.5, 0.6) is 0 Å². The number of likely N-dealkylation sites (tertiary alicyclic amines) is 1. The second-order valence-corrected chi connectivity index (χ2v) is 6.86. The molecule has 2 heterocycles. The van der Waals surface area contributed by atoms with Crippen LogP contribution in [0.25, 0.3) is 10.9 Å². The van der Waals surface area contributed by atoms with Gasteiger partial charge in [0.05, 0.1) is 5.52 Å². The average Bonchev–Trinajstić information content (AvgIpc) is 3.01. The summed E-state index contributed by atoms with van der Waals surface area (Å²) in [5.74, 6) is -1.40. The molecule has 7 nitrogen and oxygen atoms in total. The minimum atomic E-state index is -1.01. The van der Waals surface area contributed by atoms with Crippen LogP contribution in [0.1, 0.15) is 42.6 Å². The molecular formula is C18H19N3O4. The fraction of sp³-hybridized carbons (Fsp3) is 0.444. The Bertz CT molecular complexity index is 907. The molecule has 2 N–H and O–H groups in total. The number of carboxylic acid groups (broad SMARTS) is 1. The van der Waals surface area contributed by atoms with Gasteiger partial charge in [-0.1, -0.05) is 25.0 Å². The van der Waals surface area contributed by atoms with Crippen molar-refractivity contribution < 1.29 is 14.7 Å². The van der Waals surface area contributed by atoms with Gasteiger partial charge in [0.1, 0.15) is 6.04 Å². The molecule has 1 aromatic carbocycles. The Morgan fingerprint density at radius 2 is 1.96 bits per heavy atom. The van der Waals surface area contributed by atoms with Crippen LogP contribution >= 0.6 is 0 Å². The number of hydrogen-bond acceptors (Lipinski definition) is 4. The summed E-state index contributed by atoms with van der Waals surface area (Å²) in [4.78, 5) is 38.8. The highest BCUT2D eigenvalue weighted by Crippen LogP contribution is 2.40. The maximum atomic E-state index is 13.1. The van der Waals surface area contributed by atoms with Crippen molar-refractivity contribution in [2.45, 2.75) is 44.2 Å². The number of carbonyl (C=O) groups is 2. The molecule has 1 saturated carbocycles. The number of nitrogens with zero attached hydrogens (tertiary/aromatic N) is 2. The molecule has 2 aliphatic rings. The molecule has 1 aliphatic heterocycles. The number of rotatable bonds is 2. The topological polar surface area (TPSA) is 103 Å². The predicted molar refractivity (Wildman–Crippen MR) is 90.3 cm³/mol. The molecule has 3 atom stereocenters. The predicted octanol–water partition coefficient (Wildman–Crippen LogP) is 1.78. The molecule has 4 rings (SSSR count). The van der Waals surface area contributed by atoms with Crippen molar-refractivity contribution in [1.29, 1.82) is 0 Å². The molecule has 0 radical (unpaired) electrons. The van der Waals surface area contributed by atoms with E-state index in [1.165, 1.54) is 4.90 Å². The van der Waals surface area contributed by atoms with Gasteiger partial charge < -0.3 is 10.0 Å². The van der Waals surface area contributed by atoms with E-state index >= 15 is 0 Å². The van der Waals surface area contributed by atoms with Gasteiger partial charge in [0.2, 0.25) is 5.43 Å². The first-order valence-corrected chi connectivity index (χ1v) is 8.61. The molecule has 0 unspecified atom stereocenters. The number of hydrogen-bond donors (Lipinski definition) is 2. The van der Waals surface area contributed by atoms with E-state index in [0.717, 1.165) is 25.7 Å². The van der Waals surface area contributed by atoms with E-state index < -0.39 is 23.3 Å². The highest BCUT2D eigenvalue weighted by atomic mass is 16.4. The summed E-state index contributed by atoms with van der Waals surface area (Å²) < 4.78 is 0. The third kappa shape index (κ3) is 2.50. The fourth-order valence-electron chi connectivity index (χ4n) is 4.31.